The fourth-order valence-electron chi connectivity index (χ4n) is 2.23. The summed E-state index contributed by atoms with van der Waals surface area (Å²) in [5, 5.41) is 11.8. The van der Waals surface area contributed by atoms with Crippen LogP contribution in [0.25, 0.3) is 11.4 Å². The molecule has 0 unspecified atom stereocenters. The Morgan fingerprint density at radius 3 is 2.33 bits per heavy atom. The van der Waals surface area contributed by atoms with Gasteiger partial charge in [-0.15, -0.1) is 10.2 Å². The summed E-state index contributed by atoms with van der Waals surface area (Å²) in [6.07, 6.45) is 0. The molecule has 0 saturated carbocycles. The van der Waals surface area contributed by atoms with Gasteiger partial charge < -0.3 is 9.88 Å². The second-order valence-electron chi connectivity index (χ2n) is 5.35. The maximum atomic E-state index is 12.3. The van der Waals surface area contributed by atoms with E-state index in [1.54, 1.807) is 0 Å². The fraction of sp³-hybridized carbons (Fsp3) is 0.167. The third-order valence-electron chi connectivity index (χ3n) is 3.56. The summed E-state index contributed by atoms with van der Waals surface area (Å²) >= 11 is 1.39. The number of benzene rings is 2. The Hall–Kier alpha value is -2.60. The molecule has 0 aliphatic carbocycles. The first-order valence-electron chi connectivity index (χ1n) is 7.62. The molecule has 0 radical (unpaired) electrons. The van der Waals surface area contributed by atoms with Crippen molar-refractivity contribution in [2.24, 2.45) is 7.05 Å². The molecule has 0 aliphatic heterocycles. The Morgan fingerprint density at radius 1 is 1.04 bits per heavy atom. The zero-order valence-corrected chi connectivity index (χ0v) is 14.3. The molecular formula is C18H18N4OS. The molecular weight excluding hydrogens is 320 g/mol. The van der Waals surface area contributed by atoms with Crippen LogP contribution in [0.15, 0.2) is 65.8 Å². The first-order valence-corrected chi connectivity index (χ1v) is 8.50. The number of carbonyl (C=O) groups excluding carboxylic acids is 1. The zero-order valence-electron chi connectivity index (χ0n) is 13.5. The molecule has 0 spiro atoms. The van der Waals surface area contributed by atoms with E-state index in [1.165, 1.54) is 11.8 Å². The van der Waals surface area contributed by atoms with Crippen molar-refractivity contribution in [3.05, 3.63) is 60.7 Å². The molecule has 0 aliphatic rings. The average Bonchev–Trinajstić information content (AvgIpc) is 2.97. The van der Waals surface area contributed by atoms with Crippen molar-refractivity contribution in [1.82, 2.24) is 14.8 Å². The van der Waals surface area contributed by atoms with Crippen molar-refractivity contribution in [2.45, 2.75) is 17.3 Å². The highest BCUT2D eigenvalue weighted by atomic mass is 32.2. The second kappa shape index (κ2) is 7.31. The Bertz CT molecular complexity index is 818. The maximum Gasteiger partial charge on any atom is 0.237 e. The van der Waals surface area contributed by atoms with Crippen LogP contribution in [0, 0.1) is 0 Å². The normalized spacial score (nSPS) is 11.9. The molecule has 6 heteroatoms. The van der Waals surface area contributed by atoms with Crippen molar-refractivity contribution >= 4 is 23.4 Å². The van der Waals surface area contributed by atoms with E-state index in [4.69, 9.17) is 0 Å². The number of rotatable bonds is 5. The molecule has 2 aromatic carbocycles. The third kappa shape index (κ3) is 3.65. The summed E-state index contributed by atoms with van der Waals surface area (Å²) in [5.41, 5.74) is 1.79. The summed E-state index contributed by atoms with van der Waals surface area (Å²) in [7, 11) is 1.91. The van der Waals surface area contributed by atoms with Gasteiger partial charge in [0.2, 0.25) is 5.91 Å². The van der Waals surface area contributed by atoms with Crippen molar-refractivity contribution in [1.29, 1.82) is 0 Å². The Balaban J connectivity index is 1.70. The van der Waals surface area contributed by atoms with Crippen LogP contribution in [-0.2, 0) is 11.8 Å². The van der Waals surface area contributed by atoms with Gasteiger partial charge in [-0.1, -0.05) is 60.3 Å². The van der Waals surface area contributed by atoms with Crippen molar-refractivity contribution in [2.75, 3.05) is 5.32 Å². The van der Waals surface area contributed by atoms with E-state index in [9.17, 15) is 4.79 Å². The van der Waals surface area contributed by atoms with Crippen LogP contribution in [0.5, 0.6) is 0 Å². The van der Waals surface area contributed by atoms with Gasteiger partial charge in [-0.2, -0.15) is 0 Å². The molecule has 3 aromatic rings. The minimum Gasteiger partial charge on any atom is -0.325 e. The number of anilines is 1. The lowest BCUT2D eigenvalue weighted by molar-refractivity contribution is -0.115. The van der Waals surface area contributed by atoms with Gasteiger partial charge >= 0.3 is 0 Å². The molecule has 1 amide bonds. The SMILES string of the molecule is C[C@@H](Sc1nnc(-c2ccccc2)n1C)C(=O)Nc1ccccc1. The van der Waals surface area contributed by atoms with E-state index >= 15 is 0 Å². The standard InChI is InChI=1S/C18H18N4OS/c1-13(17(23)19-15-11-7-4-8-12-15)24-18-21-20-16(22(18)2)14-9-5-3-6-10-14/h3-13H,1-2H3,(H,19,23)/t13-/m1/s1. The molecule has 0 bridgehead atoms. The molecule has 1 N–H and O–H groups in total. The molecule has 1 aromatic heterocycles. The van der Waals surface area contributed by atoms with Gasteiger partial charge in [-0.25, -0.2) is 0 Å². The third-order valence-corrected chi connectivity index (χ3v) is 4.69. The lowest BCUT2D eigenvalue weighted by Crippen LogP contribution is -2.22. The van der Waals surface area contributed by atoms with Gasteiger partial charge in [0.15, 0.2) is 11.0 Å². The number of aromatic nitrogens is 3. The first kappa shape index (κ1) is 16.3. The molecule has 0 fully saturated rings. The number of para-hydroxylation sites is 1. The summed E-state index contributed by atoms with van der Waals surface area (Å²) in [5.74, 6) is 0.726. The summed E-state index contributed by atoms with van der Waals surface area (Å²) in [6.45, 7) is 1.86. The molecule has 3 rings (SSSR count). The average molecular weight is 338 g/mol. The Kier molecular flexibility index (Phi) is 4.96. The highest BCUT2D eigenvalue weighted by molar-refractivity contribution is 8.00. The van der Waals surface area contributed by atoms with E-state index in [2.05, 4.69) is 15.5 Å². The highest BCUT2D eigenvalue weighted by Gasteiger charge is 2.19. The second-order valence-corrected chi connectivity index (χ2v) is 6.65. The molecule has 24 heavy (non-hydrogen) atoms. The monoisotopic (exact) mass is 338 g/mol. The van der Waals surface area contributed by atoms with Gasteiger partial charge in [0.1, 0.15) is 0 Å². The van der Waals surface area contributed by atoms with Crippen LogP contribution < -0.4 is 5.32 Å². The lowest BCUT2D eigenvalue weighted by Gasteiger charge is -2.11. The number of hydrogen-bond donors (Lipinski definition) is 1. The maximum absolute atomic E-state index is 12.3. The van der Waals surface area contributed by atoms with Gasteiger partial charge in [0.25, 0.3) is 0 Å². The molecule has 122 valence electrons. The van der Waals surface area contributed by atoms with E-state index in [1.807, 2.05) is 79.2 Å². The van der Waals surface area contributed by atoms with Gasteiger partial charge in [0, 0.05) is 18.3 Å². The van der Waals surface area contributed by atoms with E-state index in [-0.39, 0.29) is 11.2 Å². The van der Waals surface area contributed by atoms with Crippen LogP contribution in [0.4, 0.5) is 5.69 Å². The molecule has 1 atom stereocenters. The van der Waals surface area contributed by atoms with Gasteiger partial charge in [-0.05, 0) is 19.1 Å². The van der Waals surface area contributed by atoms with E-state index < -0.39 is 0 Å². The quantitative estimate of drug-likeness (QED) is 0.722. The number of carbonyl (C=O) groups is 1. The van der Waals surface area contributed by atoms with Gasteiger partial charge in [-0.3, -0.25) is 4.79 Å². The van der Waals surface area contributed by atoms with Gasteiger partial charge in [0.05, 0.1) is 5.25 Å². The smallest absolute Gasteiger partial charge is 0.237 e. The van der Waals surface area contributed by atoms with E-state index in [0.717, 1.165) is 17.1 Å². The van der Waals surface area contributed by atoms with Crippen LogP contribution in [0.2, 0.25) is 0 Å². The number of hydrogen-bond acceptors (Lipinski definition) is 4. The van der Waals surface area contributed by atoms with E-state index in [0.29, 0.717) is 5.16 Å². The summed E-state index contributed by atoms with van der Waals surface area (Å²) < 4.78 is 1.91. The Morgan fingerprint density at radius 2 is 1.67 bits per heavy atom. The van der Waals surface area contributed by atoms with Crippen LogP contribution in [0.1, 0.15) is 6.92 Å². The van der Waals surface area contributed by atoms with Crippen LogP contribution in [0.3, 0.4) is 0 Å². The Labute approximate surface area is 145 Å². The number of thioether (sulfide) groups is 1. The molecule has 5 nitrogen and oxygen atoms in total. The summed E-state index contributed by atoms with van der Waals surface area (Å²) in [4.78, 5) is 12.3. The predicted octanol–water partition coefficient (Wildman–Crippen LogP) is 3.60. The first-order chi connectivity index (χ1) is 11.6. The molecule has 0 saturated heterocycles. The topological polar surface area (TPSA) is 59.8 Å². The fourth-order valence-corrected chi connectivity index (χ4v) is 3.05. The van der Waals surface area contributed by atoms with Crippen molar-refractivity contribution in [3.63, 3.8) is 0 Å². The lowest BCUT2D eigenvalue weighted by atomic mass is 10.2. The summed E-state index contributed by atoms with van der Waals surface area (Å²) in [6, 6.07) is 19.3. The minimum absolute atomic E-state index is 0.0598. The number of nitrogens with one attached hydrogen (secondary N) is 1. The number of amides is 1. The predicted molar refractivity (Wildman–Crippen MR) is 96.8 cm³/mol. The number of nitrogens with zero attached hydrogens (tertiary/aromatic N) is 3. The van der Waals surface area contributed by atoms with Crippen molar-refractivity contribution in [3.8, 4) is 11.4 Å². The molecule has 1 heterocycles. The minimum atomic E-state index is -0.281. The largest absolute Gasteiger partial charge is 0.325 e. The van der Waals surface area contributed by atoms with Crippen molar-refractivity contribution < 1.29 is 4.79 Å². The zero-order chi connectivity index (χ0) is 16.9. The van der Waals surface area contributed by atoms with Crippen LogP contribution in [-0.4, -0.2) is 25.9 Å². The van der Waals surface area contributed by atoms with Crippen LogP contribution >= 0.6 is 11.8 Å². The highest BCUT2D eigenvalue weighted by Crippen LogP contribution is 2.26.